The van der Waals surface area contributed by atoms with Gasteiger partial charge in [0.25, 0.3) is 0 Å². The van der Waals surface area contributed by atoms with E-state index >= 15 is 0 Å². The van der Waals surface area contributed by atoms with Gasteiger partial charge in [-0.2, -0.15) is 0 Å². The molecule has 0 bridgehead atoms. The summed E-state index contributed by atoms with van der Waals surface area (Å²) < 4.78 is 11.0. The average Bonchev–Trinajstić information content (AvgIpc) is 3.18. The van der Waals surface area contributed by atoms with Gasteiger partial charge >= 0.3 is 0 Å². The van der Waals surface area contributed by atoms with Gasteiger partial charge < -0.3 is 19.9 Å². The van der Waals surface area contributed by atoms with E-state index in [1.54, 1.807) is 0 Å². The lowest BCUT2D eigenvalue weighted by Crippen LogP contribution is -2.52. The first-order chi connectivity index (χ1) is 8.29. The van der Waals surface area contributed by atoms with Crippen molar-refractivity contribution in [2.75, 3.05) is 40.1 Å². The molecule has 4 nitrogen and oxygen atoms in total. The molecule has 1 rings (SSSR count). The summed E-state index contributed by atoms with van der Waals surface area (Å²) in [6, 6.07) is 0. The maximum atomic E-state index is 9.49. The summed E-state index contributed by atoms with van der Waals surface area (Å²) in [7, 11) is 1.90. The van der Waals surface area contributed by atoms with E-state index in [-0.39, 0.29) is 12.1 Å². The monoisotopic (exact) mass is 245 g/mol. The van der Waals surface area contributed by atoms with Crippen LogP contribution in [0.15, 0.2) is 0 Å². The van der Waals surface area contributed by atoms with Crippen molar-refractivity contribution in [2.45, 2.75) is 38.1 Å². The molecule has 1 atom stereocenters. The number of likely N-dealkylation sites (N-methyl/N-ethyl adjacent to an activating group) is 1. The molecule has 0 saturated heterocycles. The minimum Gasteiger partial charge on any atom is -0.394 e. The van der Waals surface area contributed by atoms with E-state index in [2.05, 4.69) is 12.2 Å². The van der Waals surface area contributed by atoms with Crippen LogP contribution in [0.5, 0.6) is 0 Å². The second-order valence-corrected chi connectivity index (χ2v) is 4.86. The summed E-state index contributed by atoms with van der Waals surface area (Å²) in [5.41, 5.74) is -0.233. The normalized spacial score (nSPS) is 19.2. The standard InChI is InChI=1S/C13H27NO3/c1-3-4-7-16-8-9-17-11-13(10-15,14-2)12-5-6-12/h12,14-15H,3-11H2,1-2H3. The lowest BCUT2D eigenvalue weighted by atomic mass is 9.96. The molecule has 0 spiro atoms. The van der Waals surface area contributed by atoms with Gasteiger partial charge in [0, 0.05) is 6.61 Å². The summed E-state index contributed by atoms with van der Waals surface area (Å²) in [5.74, 6) is 0.568. The fourth-order valence-corrected chi connectivity index (χ4v) is 2.00. The van der Waals surface area contributed by atoms with Gasteiger partial charge in [-0.3, -0.25) is 0 Å². The molecular formula is C13H27NO3. The molecule has 102 valence electrons. The number of rotatable bonds is 11. The van der Waals surface area contributed by atoms with Crippen LogP contribution in [-0.2, 0) is 9.47 Å². The van der Waals surface area contributed by atoms with E-state index in [4.69, 9.17) is 9.47 Å². The van der Waals surface area contributed by atoms with E-state index in [1.807, 2.05) is 7.05 Å². The minimum absolute atomic E-state index is 0.144. The molecule has 4 heteroatoms. The Bertz CT molecular complexity index is 191. The van der Waals surface area contributed by atoms with Crippen LogP contribution in [0.2, 0.25) is 0 Å². The first-order valence-corrected chi connectivity index (χ1v) is 6.74. The Kier molecular flexibility index (Phi) is 7.04. The lowest BCUT2D eigenvalue weighted by Gasteiger charge is -2.31. The summed E-state index contributed by atoms with van der Waals surface area (Å²) in [6.07, 6.45) is 4.66. The zero-order valence-electron chi connectivity index (χ0n) is 11.2. The van der Waals surface area contributed by atoms with Crippen LogP contribution in [0, 0.1) is 5.92 Å². The maximum absolute atomic E-state index is 9.49. The van der Waals surface area contributed by atoms with Crippen LogP contribution in [0.1, 0.15) is 32.6 Å². The van der Waals surface area contributed by atoms with Gasteiger partial charge in [-0.15, -0.1) is 0 Å². The van der Waals surface area contributed by atoms with Gasteiger partial charge in [0.2, 0.25) is 0 Å². The lowest BCUT2D eigenvalue weighted by molar-refractivity contribution is -0.00215. The summed E-state index contributed by atoms with van der Waals surface area (Å²) in [5, 5.41) is 12.7. The Morgan fingerprint density at radius 2 is 1.94 bits per heavy atom. The fraction of sp³-hybridized carbons (Fsp3) is 1.00. The van der Waals surface area contributed by atoms with Crippen LogP contribution in [0.4, 0.5) is 0 Å². The second-order valence-electron chi connectivity index (χ2n) is 4.86. The molecule has 1 saturated carbocycles. The Hall–Kier alpha value is -0.160. The highest BCUT2D eigenvalue weighted by molar-refractivity contribution is 5.00. The van der Waals surface area contributed by atoms with E-state index < -0.39 is 0 Å². The van der Waals surface area contributed by atoms with Crippen LogP contribution in [-0.4, -0.2) is 50.7 Å². The Balaban J connectivity index is 2.07. The molecule has 0 radical (unpaired) electrons. The molecular weight excluding hydrogens is 218 g/mol. The molecule has 17 heavy (non-hydrogen) atoms. The average molecular weight is 245 g/mol. The van der Waals surface area contributed by atoms with Crippen molar-refractivity contribution in [1.82, 2.24) is 5.32 Å². The van der Waals surface area contributed by atoms with Crippen molar-refractivity contribution in [3.63, 3.8) is 0 Å². The number of hydrogen-bond donors (Lipinski definition) is 2. The second kappa shape index (κ2) is 8.03. The van der Waals surface area contributed by atoms with E-state index in [1.165, 1.54) is 12.8 Å². The predicted molar refractivity (Wildman–Crippen MR) is 68.1 cm³/mol. The topological polar surface area (TPSA) is 50.7 Å². The summed E-state index contributed by atoms with van der Waals surface area (Å²) in [4.78, 5) is 0. The molecule has 1 unspecified atom stereocenters. The van der Waals surface area contributed by atoms with Crippen molar-refractivity contribution in [1.29, 1.82) is 0 Å². The van der Waals surface area contributed by atoms with Crippen LogP contribution in [0.25, 0.3) is 0 Å². The smallest absolute Gasteiger partial charge is 0.0701 e. The third kappa shape index (κ3) is 4.92. The van der Waals surface area contributed by atoms with Crippen LogP contribution < -0.4 is 5.32 Å². The zero-order valence-corrected chi connectivity index (χ0v) is 11.2. The molecule has 2 N–H and O–H groups in total. The highest BCUT2D eigenvalue weighted by atomic mass is 16.5. The molecule has 0 aliphatic heterocycles. The van der Waals surface area contributed by atoms with Crippen LogP contribution >= 0.6 is 0 Å². The van der Waals surface area contributed by atoms with Gasteiger partial charge in [0.05, 0.1) is 32.0 Å². The number of aliphatic hydroxyl groups is 1. The number of aliphatic hydroxyl groups excluding tert-OH is 1. The molecule has 1 aliphatic carbocycles. The molecule has 0 amide bonds. The molecule has 0 heterocycles. The Labute approximate surface area is 105 Å². The van der Waals surface area contributed by atoms with Crippen molar-refractivity contribution in [3.05, 3.63) is 0 Å². The van der Waals surface area contributed by atoms with Gasteiger partial charge in [0.15, 0.2) is 0 Å². The number of hydrogen-bond acceptors (Lipinski definition) is 4. The summed E-state index contributed by atoms with van der Waals surface area (Å²) in [6.45, 7) is 4.94. The van der Waals surface area contributed by atoms with Crippen molar-refractivity contribution >= 4 is 0 Å². The Morgan fingerprint density at radius 1 is 1.24 bits per heavy atom. The van der Waals surface area contributed by atoms with Gasteiger partial charge in [0.1, 0.15) is 0 Å². The van der Waals surface area contributed by atoms with E-state index in [0.717, 1.165) is 19.4 Å². The fourth-order valence-electron chi connectivity index (χ4n) is 2.00. The molecule has 0 aromatic carbocycles. The SMILES string of the molecule is CCCCOCCOCC(CO)(NC)C1CC1. The van der Waals surface area contributed by atoms with Gasteiger partial charge in [-0.25, -0.2) is 0 Å². The molecule has 1 aliphatic rings. The predicted octanol–water partition coefficient (Wildman–Crippen LogP) is 1.18. The Morgan fingerprint density at radius 3 is 2.47 bits per heavy atom. The van der Waals surface area contributed by atoms with E-state index in [9.17, 15) is 5.11 Å². The quantitative estimate of drug-likeness (QED) is 0.537. The van der Waals surface area contributed by atoms with Gasteiger partial charge in [-0.1, -0.05) is 13.3 Å². The number of ether oxygens (including phenoxy) is 2. The highest BCUT2D eigenvalue weighted by Crippen LogP contribution is 2.39. The molecule has 0 aromatic heterocycles. The zero-order chi connectivity index (χ0) is 12.6. The summed E-state index contributed by atoms with van der Waals surface area (Å²) >= 11 is 0. The third-order valence-electron chi connectivity index (χ3n) is 3.51. The maximum Gasteiger partial charge on any atom is 0.0701 e. The third-order valence-corrected chi connectivity index (χ3v) is 3.51. The molecule has 1 fully saturated rings. The highest BCUT2D eigenvalue weighted by Gasteiger charge is 2.43. The van der Waals surface area contributed by atoms with Gasteiger partial charge in [-0.05, 0) is 32.2 Å². The van der Waals surface area contributed by atoms with E-state index in [0.29, 0.717) is 25.7 Å². The first kappa shape index (κ1) is 14.9. The molecule has 0 aromatic rings. The van der Waals surface area contributed by atoms with Crippen LogP contribution in [0.3, 0.4) is 0 Å². The van der Waals surface area contributed by atoms with Crippen molar-refractivity contribution < 1.29 is 14.6 Å². The van der Waals surface area contributed by atoms with Crippen molar-refractivity contribution in [2.24, 2.45) is 5.92 Å². The largest absolute Gasteiger partial charge is 0.394 e. The minimum atomic E-state index is -0.233. The number of unbranched alkanes of at least 4 members (excludes halogenated alkanes) is 1. The van der Waals surface area contributed by atoms with Crippen molar-refractivity contribution in [3.8, 4) is 0 Å². The number of nitrogens with one attached hydrogen (secondary N) is 1. The first-order valence-electron chi connectivity index (χ1n) is 6.74.